The lowest BCUT2D eigenvalue weighted by Crippen LogP contribution is -2.49. The van der Waals surface area contributed by atoms with Crippen LogP contribution in [0.5, 0.6) is 0 Å². The van der Waals surface area contributed by atoms with E-state index in [1.54, 1.807) is 75.4 Å². The molecule has 1 aromatic heterocycles. The van der Waals surface area contributed by atoms with Crippen LogP contribution in [0, 0.1) is 0 Å². The number of fused-ring (bicyclic) bond motifs is 1. The number of H-pyrrole nitrogens is 1. The van der Waals surface area contributed by atoms with E-state index in [1.807, 2.05) is 0 Å². The predicted molar refractivity (Wildman–Crippen MR) is 146 cm³/mol. The summed E-state index contributed by atoms with van der Waals surface area (Å²) in [6, 6.07) is 12.8. The summed E-state index contributed by atoms with van der Waals surface area (Å²) in [4.78, 5) is 66.1. The van der Waals surface area contributed by atoms with Crippen molar-refractivity contribution in [2.45, 2.75) is 64.1 Å². The van der Waals surface area contributed by atoms with Crippen molar-refractivity contribution in [3.05, 3.63) is 81.0 Å². The first-order valence-corrected chi connectivity index (χ1v) is 12.7. The second-order valence-electron chi connectivity index (χ2n) is 10.2. The van der Waals surface area contributed by atoms with Crippen molar-refractivity contribution in [2.24, 2.45) is 0 Å². The van der Waals surface area contributed by atoms with Crippen LogP contribution < -0.4 is 21.9 Å². The molecular formula is C28H34N4O7. The van der Waals surface area contributed by atoms with Gasteiger partial charge in [-0.05, 0) is 57.7 Å². The molecule has 2 aromatic carbocycles. The zero-order valence-electron chi connectivity index (χ0n) is 22.2. The van der Waals surface area contributed by atoms with Crippen LogP contribution in [0.25, 0.3) is 10.9 Å². The van der Waals surface area contributed by atoms with Crippen LogP contribution in [0.4, 0.5) is 4.79 Å². The molecule has 39 heavy (non-hydrogen) atoms. The molecule has 4 N–H and O–H groups in total. The number of carboxylic acid groups (broad SMARTS) is 1. The SMILES string of the molecule is CC(C)(C)OC(=O)NCCCC[C@H](NC(=O)[C@H](Cc1ccccc1)n1c(=O)[nH]c2ccccc2c1=O)C(=O)O. The van der Waals surface area contributed by atoms with Crippen molar-refractivity contribution in [3.63, 3.8) is 0 Å². The number of para-hydroxylation sites is 1. The highest BCUT2D eigenvalue weighted by atomic mass is 16.6. The fourth-order valence-electron chi connectivity index (χ4n) is 4.10. The van der Waals surface area contributed by atoms with E-state index in [0.29, 0.717) is 23.9 Å². The molecule has 0 aliphatic rings. The number of nitrogens with one attached hydrogen (secondary N) is 3. The van der Waals surface area contributed by atoms with E-state index in [1.165, 1.54) is 0 Å². The normalized spacial score (nSPS) is 12.9. The quantitative estimate of drug-likeness (QED) is 0.273. The molecule has 3 aromatic rings. The molecule has 0 spiro atoms. The number of nitrogens with zero attached hydrogens (tertiary/aromatic N) is 1. The summed E-state index contributed by atoms with van der Waals surface area (Å²) >= 11 is 0. The minimum absolute atomic E-state index is 0.000147. The Kier molecular flexibility index (Phi) is 9.64. The van der Waals surface area contributed by atoms with E-state index in [9.17, 15) is 29.1 Å². The summed E-state index contributed by atoms with van der Waals surface area (Å²) in [5, 5.41) is 15.1. The minimum Gasteiger partial charge on any atom is -0.480 e. The fraction of sp³-hybridized carbons (Fsp3) is 0.393. The minimum atomic E-state index is -1.29. The highest BCUT2D eigenvalue weighted by Gasteiger charge is 2.29. The van der Waals surface area contributed by atoms with Gasteiger partial charge in [0.1, 0.15) is 17.7 Å². The molecule has 11 nitrogen and oxygen atoms in total. The average Bonchev–Trinajstić information content (AvgIpc) is 2.86. The number of aromatic amines is 1. The van der Waals surface area contributed by atoms with Gasteiger partial charge in [-0.2, -0.15) is 0 Å². The molecule has 208 valence electrons. The number of hydrogen-bond acceptors (Lipinski definition) is 6. The maximum Gasteiger partial charge on any atom is 0.407 e. The van der Waals surface area contributed by atoms with Crippen LogP contribution in [-0.2, 0) is 20.7 Å². The van der Waals surface area contributed by atoms with Gasteiger partial charge in [-0.15, -0.1) is 0 Å². The monoisotopic (exact) mass is 538 g/mol. The molecule has 0 radical (unpaired) electrons. The highest BCUT2D eigenvalue weighted by Crippen LogP contribution is 2.15. The molecule has 1 heterocycles. The Bertz CT molecular complexity index is 1420. The maximum absolute atomic E-state index is 13.5. The van der Waals surface area contributed by atoms with Crippen molar-refractivity contribution >= 4 is 28.9 Å². The van der Waals surface area contributed by atoms with E-state index in [4.69, 9.17) is 4.74 Å². The summed E-state index contributed by atoms with van der Waals surface area (Å²) in [5.74, 6) is -2.01. The second kappa shape index (κ2) is 12.9. The molecule has 0 unspecified atom stereocenters. The number of aromatic nitrogens is 2. The number of hydrogen-bond donors (Lipinski definition) is 4. The third kappa shape index (κ3) is 8.29. The van der Waals surface area contributed by atoms with Gasteiger partial charge in [-0.1, -0.05) is 42.5 Å². The standard InChI is InChI=1S/C28H34N4O7/c1-28(2,3)39-27(38)29-16-10-9-15-21(25(35)36)30-23(33)22(17-18-11-5-4-6-12-18)32-24(34)19-13-7-8-14-20(19)31-26(32)37/h4-8,11-14,21-22H,9-10,15-17H2,1-3H3,(H,29,38)(H,30,33)(H,31,37)(H,35,36)/t21-,22-/m0/s1. The van der Waals surface area contributed by atoms with Crippen molar-refractivity contribution in [2.75, 3.05) is 6.54 Å². The first kappa shape index (κ1) is 29.2. The molecule has 0 bridgehead atoms. The Morgan fingerprint density at radius 3 is 2.33 bits per heavy atom. The third-order valence-corrected chi connectivity index (χ3v) is 5.93. The number of unbranched alkanes of at least 4 members (excludes halogenated alkanes) is 1. The van der Waals surface area contributed by atoms with E-state index in [0.717, 1.165) is 4.57 Å². The number of ether oxygens (including phenoxy) is 1. The van der Waals surface area contributed by atoms with Crippen LogP contribution in [0.1, 0.15) is 51.6 Å². The highest BCUT2D eigenvalue weighted by molar-refractivity contribution is 5.86. The van der Waals surface area contributed by atoms with Gasteiger partial charge in [-0.3, -0.25) is 9.59 Å². The number of carbonyl (C=O) groups excluding carboxylic acids is 2. The summed E-state index contributed by atoms with van der Waals surface area (Å²) in [6.45, 7) is 5.51. The third-order valence-electron chi connectivity index (χ3n) is 5.93. The number of carboxylic acids is 1. The number of carbonyl (C=O) groups is 3. The lowest BCUT2D eigenvalue weighted by Gasteiger charge is -2.22. The predicted octanol–water partition coefficient (Wildman–Crippen LogP) is 2.74. The van der Waals surface area contributed by atoms with Crippen molar-refractivity contribution in [3.8, 4) is 0 Å². The fourth-order valence-corrected chi connectivity index (χ4v) is 4.10. The van der Waals surface area contributed by atoms with Crippen LogP contribution in [0.15, 0.2) is 64.2 Å². The Hall–Kier alpha value is -4.41. The maximum atomic E-state index is 13.5. The Balaban J connectivity index is 1.76. The Labute approximate surface area is 225 Å². The van der Waals surface area contributed by atoms with Crippen molar-refractivity contribution in [1.29, 1.82) is 0 Å². The molecule has 0 saturated heterocycles. The lowest BCUT2D eigenvalue weighted by atomic mass is 10.0. The molecule has 11 heteroatoms. The summed E-state index contributed by atoms with van der Waals surface area (Å²) in [6.07, 6.45) is 0.349. The smallest absolute Gasteiger partial charge is 0.407 e. The van der Waals surface area contributed by atoms with E-state index in [-0.39, 0.29) is 24.8 Å². The molecule has 0 aliphatic heterocycles. The summed E-state index contributed by atoms with van der Waals surface area (Å²) < 4.78 is 6.00. The Morgan fingerprint density at radius 1 is 1.00 bits per heavy atom. The molecule has 0 aliphatic carbocycles. The van der Waals surface area contributed by atoms with Gasteiger partial charge in [0.2, 0.25) is 5.91 Å². The van der Waals surface area contributed by atoms with E-state index < -0.39 is 46.9 Å². The molecule has 2 amide bonds. The van der Waals surface area contributed by atoms with E-state index >= 15 is 0 Å². The zero-order valence-corrected chi connectivity index (χ0v) is 22.2. The van der Waals surface area contributed by atoms with Crippen LogP contribution >= 0.6 is 0 Å². The number of amides is 2. The van der Waals surface area contributed by atoms with Gasteiger partial charge in [0.25, 0.3) is 5.56 Å². The molecule has 0 saturated carbocycles. The first-order chi connectivity index (χ1) is 18.5. The summed E-state index contributed by atoms with van der Waals surface area (Å²) in [5.41, 5.74) is -1.02. The van der Waals surface area contributed by atoms with Gasteiger partial charge in [0, 0.05) is 13.0 Å². The van der Waals surface area contributed by atoms with Crippen LogP contribution in [-0.4, -0.2) is 50.8 Å². The molecule has 2 atom stereocenters. The number of rotatable bonds is 11. The van der Waals surface area contributed by atoms with Gasteiger partial charge >= 0.3 is 17.8 Å². The zero-order chi connectivity index (χ0) is 28.6. The average molecular weight is 539 g/mol. The van der Waals surface area contributed by atoms with Gasteiger partial charge in [0.05, 0.1) is 10.9 Å². The van der Waals surface area contributed by atoms with Gasteiger partial charge < -0.3 is 25.5 Å². The summed E-state index contributed by atoms with van der Waals surface area (Å²) in [7, 11) is 0. The molecule has 3 rings (SSSR count). The van der Waals surface area contributed by atoms with Crippen molar-refractivity contribution < 1.29 is 24.2 Å². The lowest BCUT2D eigenvalue weighted by molar-refractivity contribution is -0.142. The molecular weight excluding hydrogens is 504 g/mol. The van der Waals surface area contributed by atoms with Crippen LogP contribution in [0.2, 0.25) is 0 Å². The first-order valence-electron chi connectivity index (χ1n) is 12.7. The number of aliphatic carboxylic acids is 1. The topological polar surface area (TPSA) is 160 Å². The van der Waals surface area contributed by atoms with Crippen LogP contribution in [0.3, 0.4) is 0 Å². The Morgan fingerprint density at radius 2 is 1.67 bits per heavy atom. The molecule has 0 fully saturated rings. The second-order valence-corrected chi connectivity index (χ2v) is 10.2. The number of benzene rings is 2. The number of alkyl carbamates (subject to hydrolysis) is 1. The largest absolute Gasteiger partial charge is 0.480 e. The van der Waals surface area contributed by atoms with Gasteiger partial charge in [0.15, 0.2) is 0 Å². The van der Waals surface area contributed by atoms with Gasteiger partial charge in [-0.25, -0.2) is 19.0 Å². The van der Waals surface area contributed by atoms with E-state index in [2.05, 4.69) is 15.6 Å². The van der Waals surface area contributed by atoms with Crippen molar-refractivity contribution in [1.82, 2.24) is 20.2 Å².